The minimum Gasteiger partial charge on any atom is -0.313 e. The Morgan fingerprint density at radius 2 is 2.06 bits per heavy atom. The second-order valence-electron chi connectivity index (χ2n) is 5.54. The van der Waals surface area contributed by atoms with E-state index in [1.165, 1.54) is 0 Å². The van der Waals surface area contributed by atoms with Crippen LogP contribution in [0.4, 0.5) is 0 Å². The summed E-state index contributed by atoms with van der Waals surface area (Å²) in [5, 5.41) is 3.16. The first kappa shape index (κ1) is 15.9. The molecule has 0 aliphatic carbocycles. The molecule has 1 aliphatic rings. The molecule has 0 spiro atoms. The van der Waals surface area contributed by atoms with E-state index in [1.807, 2.05) is 27.9 Å². The Hall–Kier alpha value is -0.170. The van der Waals surface area contributed by atoms with Crippen LogP contribution in [0.3, 0.4) is 0 Å². The molecule has 0 saturated carbocycles. The third kappa shape index (κ3) is 4.84. The molecule has 0 amide bonds. The molecule has 0 aromatic rings. The SMILES string of the molecule is CC(C)NCCS(=O)(=O)N1CCCC(N(C)C)C1. The van der Waals surface area contributed by atoms with Crippen molar-refractivity contribution < 1.29 is 8.42 Å². The molecule has 6 heteroatoms. The van der Waals surface area contributed by atoms with Gasteiger partial charge in [-0.2, -0.15) is 0 Å². The summed E-state index contributed by atoms with van der Waals surface area (Å²) in [6, 6.07) is 0.683. The largest absolute Gasteiger partial charge is 0.313 e. The van der Waals surface area contributed by atoms with Crippen LogP contribution in [0.1, 0.15) is 26.7 Å². The lowest BCUT2D eigenvalue weighted by Gasteiger charge is -2.35. The van der Waals surface area contributed by atoms with Crippen LogP contribution in [0, 0.1) is 0 Å². The van der Waals surface area contributed by atoms with E-state index in [0.29, 0.717) is 31.7 Å². The summed E-state index contributed by atoms with van der Waals surface area (Å²) in [6.45, 7) is 5.89. The van der Waals surface area contributed by atoms with E-state index in [4.69, 9.17) is 0 Å². The Morgan fingerprint density at radius 3 is 2.61 bits per heavy atom. The first-order valence-corrected chi connectivity index (χ1v) is 8.31. The highest BCUT2D eigenvalue weighted by molar-refractivity contribution is 7.89. The summed E-state index contributed by atoms with van der Waals surface area (Å²) in [5.74, 6) is 0.200. The summed E-state index contributed by atoms with van der Waals surface area (Å²) < 4.78 is 26.1. The van der Waals surface area contributed by atoms with Crippen molar-refractivity contribution in [3.63, 3.8) is 0 Å². The maximum atomic E-state index is 12.2. The van der Waals surface area contributed by atoms with Crippen LogP contribution in [-0.4, -0.2) is 69.2 Å². The highest BCUT2D eigenvalue weighted by Crippen LogP contribution is 2.16. The molecule has 1 atom stereocenters. The minimum atomic E-state index is -3.10. The van der Waals surface area contributed by atoms with E-state index in [9.17, 15) is 8.42 Å². The monoisotopic (exact) mass is 277 g/mol. The summed E-state index contributed by atoms with van der Waals surface area (Å²) in [4.78, 5) is 2.12. The predicted molar refractivity (Wildman–Crippen MR) is 75.2 cm³/mol. The number of hydrogen-bond acceptors (Lipinski definition) is 4. The molecule has 1 aliphatic heterocycles. The highest BCUT2D eigenvalue weighted by Gasteiger charge is 2.29. The van der Waals surface area contributed by atoms with Gasteiger partial charge in [0.1, 0.15) is 0 Å². The molecule has 1 heterocycles. The average molecular weight is 277 g/mol. The van der Waals surface area contributed by atoms with Gasteiger partial charge >= 0.3 is 0 Å². The van der Waals surface area contributed by atoms with Crippen LogP contribution in [-0.2, 0) is 10.0 Å². The Kier molecular flexibility index (Phi) is 6.04. The molecule has 108 valence electrons. The maximum Gasteiger partial charge on any atom is 0.215 e. The molecule has 0 radical (unpaired) electrons. The van der Waals surface area contributed by atoms with Crippen molar-refractivity contribution in [3.05, 3.63) is 0 Å². The van der Waals surface area contributed by atoms with Crippen LogP contribution >= 0.6 is 0 Å². The predicted octanol–water partition coefficient (Wildman–Crippen LogP) is 0.340. The quantitative estimate of drug-likeness (QED) is 0.761. The molecular weight excluding hydrogens is 250 g/mol. The third-order valence-corrected chi connectivity index (χ3v) is 5.23. The zero-order valence-electron chi connectivity index (χ0n) is 12.0. The topological polar surface area (TPSA) is 52.7 Å². The fourth-order valence-corrected chi connectivity index (χ4v) is 3.64. The maximum absolute atomic E-state index is 12.2. The van der Waals surface area contributed by atoms with Gasteiger partial charge in [-0.15, -0.1) is 0 Å². The highest BCUT2D eigenvalue weighted by atomic mass is 32.2. The smallest absolute Gasteiger partial charge is 0.215 e. The van der Waals surface area contributed by atoms with Gasteiger partial charge in [0.25, 0.3) is 0 Å². The first-order valence-electron chi connectivity index (χ1n) is 6.70. The van der Waals surface area contributed by atoms with Crippen molar-refractivity contribution in [1.29, 1.82) is 0 Å². The van der Waals surface area contributed by atoms with E-state index in [2.05, 4.69) is 10.2 Å². The van der Waals surface area contributed by atoms with E-state index >= 15 is 0 Å². The Bertz CT molecular complexity index is 341. The van der Waals surface area contributed by atoms with Gasteiger partial charge in [-0.25, -0.2) is 12.7 Å². The van der Waals surface area contributed by atoms with Gasteiger partial charge in [0.2, 0.25) is 10.0 Å². The lowest BCUT2D eigenvalue weighted by Crippen LogP contribution is -2.49. The van der Waals surface area contributed by atoms with Gasteiger partial charge in [0.05, 0.1) is 5.75 Å². The van der Waals surface area contributed by atoms with Crippen molar-refractivity contribution in [2.45, 2.75) is 38.8 Å². The van der Waals surface area contributed by atoms with Gasteiger partial charge in [-0.05, 0) is 26.9 Å². The van der Waals surface area contributed by atoms with Gasteiger partial charge in [0, 0.05) is 31.7 Å². The summed E-state index contributed by atoms with van der Waals surface area (Å²) in [7, 11) is 0.929. The van der Waals surface area contributed by atoms with Crippen molar-refractivity contribution in [2.75, 3.05) is 39.5 Å². The molecule has 1 fully saturated rings. The average Bonchev–Trinajstić information content (AvgIpc) is 2.28. The van der Waals surface area contributed by atoms with E-state index < -0.39 is 10.0 Å². The number of sulfonamides is 1. The Morgan fingerprint density at radius 1 is 1.39 bits per heavy atom. The number of nitrogens with one attached hydrogen (secondary N) is 1. The lowest BCUT2D eigenvalue weighted by molar-refractivity contribution is 0.190. The van der Waals surface area contributed by atoms with Crippen LogP contribution in [0.2, 0.25) is 0 Å². The van der Waals surface area contributed by atoms with Crippen molar-refractivity contribution >= 4 is 10.0 Å². The molecule has 0 aromatic heterocycles. The molecule has 1 rings (SSSR count). The van der Waals surface area contributed by atoms with Crippen molar-refractivity contribution in [3.8, 4) is 0 Å². The van der Waals surface area contributed by atoms with E-state index in [0.717, 1.165) is 12.8 Å². The molecule has 1 unspecified atom stereocenters. The molecule has 5 nitrogen and oxygen atoms in total. The van der Waals surface area contributed by atoms with E-state index in [1.54, 1.807) is 4.31 Å². The van der Waals surface area contributed by atoms with E-state index in [-0.39, 0.29) is 5.75 Å². The van der Waals surface area contributed by atoms with Crippen LogP contribution < -0.4 is 5.32 Å². The summed E-state index contributed by atoms with van der Waals surface area (Å²) >= 11 is 0. The van der Waals surface area contributed by atoms with Crippen molar-refractivity contribution in [2.24, 2.45) is 0 Å². The molecule has 1 N–H and O–H groups in total. The molecular formula is C12H27N3O2S. The molecule has 0 bridgehead atoms. The zero-order valence-corrected chi connectivity index (χ0v) is 12.8. The third-order valence-electron chi connectivity index (χ3n) is 3.40. The fraction of sp³-hybridized carbons (Fsp3) is 1.00. The van der Waals surface area contributed by atoms with Gasteiger partial charge in [-0.3, -0.25) is 0 Å². The first-order chi connectivity index (χ1) is 8.33. The number of hydrogen-bond donors (Lipinski definition) is 1. The summed E-state index contributed by atoms with van der Waals surface area (Å²) in [6.07, 6.45) is 2.04. The van der Waals surface area contributed by atoms with Crippen molar-refractivity contribution in [1.82, 2.24) is 14.5 Å². The molecule has 18 heavy (non-hydrogen) atoms. The second-order valence-corrected chi connectivity index (χ2v) is 7.63. The second kappa shape index (κ2) is 6.84. The standard InChI is InChI=1S/C12H27N3O2S/c1-11(2)13-7-9-18(16,17)15-8-5-6-12(10-15)14(3)4/h11-13H,5-10H2,1-4H3. The number of piperidine rings is 1. The lowest BCUT2D eigenvalue weighted by atomic mass is 10.1. The zero-order chi connectivity index (χ0) is 13.8. The Labute approximate surface area is 112 Å². The minimum absolute atomic E-state index is 0.200. The number of likely N-dealkylation sites (N-methyl/N-ethyl adjacent to an activating group) is 1. The number of rotatable bonds is 6. The van der Waals surface area contributed by atoms with Gasteiger partial charge in [-0.1, -0.05) is 13.8 Å². The fourth-order valence-electron chi connectivity index (χ4n) is 2.20. The van der Waals surface area contributed by atoms with Gasteiger partial charge < -0.3 is 10.2 Å². The summed E-state index contributed by atoms with van der Waals surface area (Å²) in [5.41, 5.74) is 0. The number of nitrogens with zero attached hydrogens (tertiary/aromatic N) is 2. The molecule has 1 saturated heterocycles. The van der Waals surface area contributed by atoms with Crippen LogP contribution in [0.25, 0.3) is 0 Å². The van der Waals surface area contributed by atoms with Crippen LogP contribution in [0.15, 0.2) is 0 Å². The normalized spacial score (nSPS) is 22.9. The van der Waals surface area contributed by atoms with Gasteiger partial charge in [0.15, 0.2) is 0 Å². The molecule has 0 aromatic carbocycles. The van der Waals surface area contributed by atoms with Crippen LogP contribution in [0.5, 0.6) is 0 Å². The Balaban J connectivity index is 2.51.